The van der Waals surface area contributed by atoms with Crippen LogP contribution in [0.1, 0.15) is 15.9 Å². The highest BCUT2D eigenvalue weighted by Gasteiger charge is 2.29. The first-order chi connectivity index (χ1) is 23.8. The fraction of sp³-hybridized carbons (Fsp3) is 0.306. The molecule has 0 aliphatic carbocycles. The molecule has 2 amide bonds. The molecule has 2 aromatic carbocycles. The molecule has 1 aliphatic heterocycles. The highest BCUT2D eigenvalue weighted by molar-refractivity contribution is 6.34. The molecule has 0 saturated carbocycles. The number of alkyl halides is 3. The number of amides is 2. The Bertz CT molecular complexity index is 1970. The number of nitrogens with zero attached hydrogens (tertiary/aromatic N) is 4. The Kier molecular flexibility index (Phi) is 11.5. The Balaban J connectivity index is 1.53. The van der Waals surface area contributed by atoms with Gasteiger partial charge in [-0.25, -0.2) is 4.98 Å². The summed E-state index contributed by atoms with van der Waals surface area (Å²) in [5, 5.41) is 5.29. The van der Waals surface area contributed by atoms with Crippen molar-refractivity contribution in [2.75, 3.05) is 71.1 Å². The summed E-state index contributed by atoms with van der Waals surface area (Å²) >= 11 is 6.52. The van der Waals surface area contributed by atoms with E-state index in [9.17, 15) is 22.8 Å². The number of halogens is 4. The Morgan fingerprint density at radius 3 is 2.48 bits per heavy atom. The standard InChI is InChI=1S/C36H37ClF3N7O3/c1-45(2)14-4-6-25-21-42-34(41)31-30(24-10-13-27(28(37)20-24)35(49)43-22-36(38,39)40)32(46(3)33(25)31)23-8-11-26(12-9-23)44-29(48)7-5-15-47-16-18-50-19-17-47/h5,7-13,20-21H,14-19,22H2,1-3H3,(H2,41,42)(H,43,49)(H,44,48)/b7-5+. The number of hydrogen-bond donors (Lipinski definition) is 3. The number of carbonyl (C=O) groups excluding carboxylic acids is 2. The van der Waals surface area contributed by atoms with Gasteiger partial charge >= 0.3 is 6.18 Å². The van der Waals surface area contributed by atoms with Crippen molar-refractivity contribution in [2.45, 2.75) is 6.18 Å². The molecule has 14 heteroatoms. The lowest BCUT2D eigenvalue weighted by molar-refractivity contribution is -0.123. The summed E-state index contributed by atoms with van der Waals surface area (Å²) in [5.41, 5.74) is 11.0. The summed E-state index contributed by atoms with van der Waals surface area (Å²) in [4.78, 5) is 33.8. The number of nitrogens with two attached hydrogens (primary N) is 1. The highest BCUT2D eigenvalue weighted by Crippen LogP contribution is 2.44. The van der Waals surface area contributed by atoms with E-state index in [1.54, 1.807) is 24.4 Å². The number of morpholine rings is 1. The minimum absolute atomic E-state index is 0.0432. The number of aryl methyl sites for hydroxylation is 1. The quantitative estimate of drug-likeness (QED) is 0.162. The molecular formula is C36H37ClF3N7O3. The molecule has 262 valence electrons. The lowest BCUT2D eigenvalue weighted by Crippen LogP contribution is -2.36. The number of carbonyl (C=O) groups is 2. The van der Waals surface area contributed by atoms with Crippen LogP contribution in [0.2, 0.25) is 5.02 Å². The molecule has 0 unspecified atom stereocenters. The number of fused-ring (bicyclic) bond motifs is 1. The summed E-state index contributed by atoms with van der Waals surface area (Å²) in [6.07, 6.45) is 0.372. The number of ether oxygens (including phenoxy) is 1. The zero-order valence-corrected chi connectivity index (χ0v) is 28.6. The van der Waals surface area contributed by atoms with Gasteiger partial charge in [0, 0.05) is 50.2 Å². The van der Waals surface area contributed by atoms with Gasteiger partial charge in [0.15, 0.2) is 0 Å². The Hall–Kier alpha value is -4.87. The van der Waals surface area contributed by atoms with E-state index in [2.05, 4.69) is 27.0 Å². The summed E-state index contributed by atoms with van der Waals surface area (Å²) in [7, 11) is 5.69. The summed E-state index contributed by atoms with van der Waals surface area (Å²) in [5.74, 6) is 5.35. The highest BCUT2D eigenvalue weighted by atomic mass is 35.5. The molecule has 5 rings (SSSR count). The number of nitrogen functional groups attached to an aromatic ring is 1. The average molecular weight is 708 g/mol. The first kappa shape index (κ1) is 36.4. The second-order valence-electron chi connectivity index (χ2n) is 12.0. The maximum atomic E-state index is 12.8. The van der Waals surface area contributed by atoms with Crippen molar-refractivity contribution in [3.63, 3.8) is 0 Å². The smallest absolute Gasteiger partial charge is 0.383 e. The van der Waals surface area contributed by atoms with Gasteiger partial charge in [0.1, 0.15) is 12.4 Å². The van der Waals surface area contributed by atoms with E-state index >= 15 is 0 Å². The zero-order chi connectivity index (χ0) is 36.0. The van der Waals surface area contributed by atoms with Crippen LogP contribution in [0.15, 0.2) is 60.8 Å². The predicted molar refractivity (Wildman–Crippen MR) is 190 cm³/mol. The van der Waals surface area contributed by atoms with Crippen LogP contribution in [-0.2, 0) is 16.6 Å². The molecule has 1 aliphatic rings. The number of pyridine rings is 1. The zero-order valence-electron chi connectivity index (χ0n) is 27.8. The van der Waals surface area contributed by atoms with E-state index < -0.39 is 18.6 Å². The molecule has 2 aromatic heterocycles. The van der Waals surface area contributed by atoms with E-state index in [0.717, 1.165) is 18.7 Å². The van der Waals surface area contributed by atoms with Gasteiger partial charge in [0.2, 0.25) is 5.91 Å². The summed E-state index contributed by atoms with van der Waals surface area (Å²) < 4.78 is 45.6. The molecule has 1 saturated heterocycles. The van der Waals surface area contributed by atoms with Gasteiger partial charge < -0.3 is 25.7 Å². The Labute approximate surface area is 293 Å². The van der Waals surface area contributed by atoms with Crippen molar-refractivity contribution < 1.29 is 27.5 Å². The second-order valence-corrected chi connectivity index (χ2v) is 12.4. The number of nitrogens with one attached hydrogen (secondary N) is 2. The van der Waals surface area contributed by atoms with E-state index in [1.807, 2.05) is 54.1 Å². The minimum atomic E-state index is -4.57. The van der Waals surface area contributed by atoms with Gasteiger partial charge in [-0.1, -0.05) is 47.7 Å². The maximum absolute atomic E-state index is 12.8. The molecule has 0 atom stereocenters. The molecule has 50 heavy (non-hydrogen) atoms. The van der Waals surface area contributed by atoms with Crippen molar-refractivity contribution in [3.05, 3.63) is 77.0 Å². The summed E-state index contributed by atoms with van der Waals surface area (Å²) in [6, 6.07) is 11.8. The van der Waals surface area contributed by atoms with Crippen LogP contribution in [0.5, 0.6) is 0 Å². The molecule has 0 radical (unpaired) electrons. The molecular weight excluding hydrogens is 671 g/mol. The number of benzene rings is 2. The van der Waals surface area contributed by atoms with Crippen molar-refractivity contribution in [3.8, 4) is 34.2 Å². The van der Waals surface area contributed by atoms with E-state index in [-0.39, 0.29) is 22.3 Å². The van der Waals surface area contributed by atoms with Gasteiger partial charge in [-0.2, -0.15) is 13.2 Å². The molecule has 10 nitrogen and oxygen atoms in total. The van der Waals surface area contributed by atoms with E-state index in [0.29, 0.717) is 65.3 Å². The van der Waals surface area contributed by atoms with Crippen LogP contribution < -0.4 is 16.4 Å². The van der Waals surface area contributed by atoms with Crippen LogP contribution in [0.25, 0.3) is 33.3 Å². The molecule has 0 spiro atoms. The van der Waals surface area contributed by atoms with Crippen LogP contribution in [-0.4, -0.2) is 97.4 Å². The number of aromatic nitrogens is 2. The Morgan fingerprint density at radius 1 is 1.12 bits per heavy atom. The fourth-order valence-corrected chi connectivity index (χ4v) is 5.90. The van der Waals surface area contributed by atoms with Crippen molar-refractivity contribution in [2.24, 2.45) is 7.05 Å². The third-order valence-corrected chi connectivity index (χ3v) is 8.28. The molecule has 1 fully saturated rings. The maximum Gasteiger partial charge on any atom is 0.405 e. The van der Waals surface area contributed by atoms with Crippen molar-refractivity contribution in [1.82, 2.24) is 24.7 Å². The monoisotopic (exact) mass is 707 g/mol. The van der Waals surface area contributed by atoms with Crippen molar-refractivity contribution >= 4 is 45.8 Å². The average Bonchev–Trinajstić information content (AvgIpc) is 3.38. The van der Waals surface area contributed by atoms with Crippen molar-refractivity contribution in [1.29, 1.82) is 0 Å². The van der Waals surface area contributed by atoms with Crippen LogP contribution in [0, 0.1) is 11.8 Å². The molecule has 4 aromatic rings. The molecule has 4 N–H and O–H groups in total. The van der Waals surface area contributed by atoms with Crippen LogP contribution in [0.4, 0.5) is 24.7 Å². The van der Waals surface area contributed by atoms with Gasteiger partial charge in [0.25, 0.3) is 5.91 Å². The van der Waals surface area contributed by atoms with Crippen LogP contribution >= 0.6 is 11.6 Å². The lowest BCUT2D eigenvalue weighted by atomic mass is 9.96. The second kappa shape index (κ2) is 15.8. The van der Waals surface area contributed by atoms with Crippen LogP contribution in [0.3, 0.4) is 0 Å². The Morgan fingerprint density at radius 2 is 1.82 bits per heavy atom. The topological polar surface area (TPSA) is 118 Å². The van der Waals surface area contributed by atoms with E-state index in [4.69, 9.17) is 22.1 Å². The third kappa shape index (κ3) is 8.83. The number of rotatable bonds is 9. The first-order valence-corrected chi connectivity index (χ1v) is 16.1. The third-order valence-electron chi connectivity index (χ3n) is 7.97. The van der Waals surface area contributed by atoms with Gasteiger partial charge in [-0.3, -0.25) is 19.4 Å². The predicted octanol–water partition coefficient (Wildman–Crippen LogP) is 5.18. The van der Waals surface area contributed by atoms with E-state index in [1.165, 1.54) is 18.2 Å². The number of anilines is 2. The lowest BCUT2D eigenvalue weighted by Gasteiger charge is -2.25. The minimum Gasteiger partial charge on any atom is -0.383 e. The number of hydrogen-bond acceptors (Lipinski definition) is 7. The summed E-state index contributed by atoms with van der Waals surface area (Å²) in [6.45, 7) is 2.69. The largest absolute Gasteiger partial charge is 0.405 e. The van der Waals surface area contributed by atoms with Gasteiger partial charge in [-0.05, 0) is 49.5 Å². The normalized spacial score (nSPS) is 13.8. The van der Waals surface area contributed by atoms with Gasteiger partial charge in [0.05, 0.1) is 52.5 Å². The first-order valence-electron chi connectivity index (χ1n) is 15.8. The fourth-order valence-electron chi connectivity index (χ4n) is 5.63. The van der Waals surface area contributed by atoms with Gasteiger partial charge in [-0.15, -0.1) is 0 Å². The SMILES string of the molecule is CN(C)CC#Cc1cnc(N)c2c(-c3ccc(C(=O)NCC(F)(F)F)c(Cl)c3)c(-c3ccc(NC(=O)/C=C/CN4CCOCC4)cc3)n(C)c12. The molecule has 0 bridgehead atoms. The molecule has 3 heterocycles.